The van der Waals surface area contributed by atoms with E-state index in [9.17, 15) is 9.59 Å². The van der Waals surface area contributed by atoms with E-state index in [0.29, 0.717) is 16.3 Å². The molecule has 2 amide bonds. The highest BCUT2D eigenvalue weighted by atomic mass is 35.5. The minimum atomic E-state index is -0.368. The van der Waals surface area contributed by atoms with Crippen molar-refractivity contribution in [3.63, 3.8) is 0 Å². The Hall–Kier alpha value is -2.53. The van der Waals surface area contributed by atoms with Gasteiger partial charge in [0.2, 0.25) is 5.91 Å². The van der Waals surface area contributed by atoms with Crippen molar-refractivity contribution in [2.45, 2.75) is 13.0 Å². The van der Waals surface area contributed by atoms with Gasteiger partial charge in [0.1, 0.15) is 5.75 Å². The van der Waals surface area contributed by atoms with Crippen molar-refractivity contribution in [3.8, 4) is 5.75 Å². The molecule has 2 N–H and O–H groups in total. The highest BCUT2D eigenvalue weighted by Crippen LogP contribution is 2.22. The Morgan fingerprint density at radius 3 is 2.50 bits per heavy atom. The molecule has 0 saturated carbocycles. The molecule has 0 heterocycles. The zero-order chi connectivity index (χ0) is 17.5. The van der Waals surface area contributed by atoms with Gasteiger partial charge in [-0.15, -0.1) is 0 Å². The minimum Gasteiger partial charge on any atom is -0.496 e. The number of rotatable bonds is 6. The normalized spacial score (nSPS) is 11.5. The largest absolute Gasteiger partial charge is 0.496 e. The number of halogens is 1. The monoisotopic (exact) mass is 346 g/mol. The van der Waals surface area contributed by atoms with E-state index in [1.54, 1.807) is 30.3 Å². The molecule has 0 aliphatic rings. The van der Waals surface area contributed by atoms with Crippen LogP contribution in [0.2, 0.25) is 5.02 Å². The molecule has 2 rings (SSSR count). The molecule has 0 saturated heterocycles. The summed E-state index contributed by atoms with van der Waals surface area (Å²) >= 11 is 6.11. The fourth-order valence-electron chi connectivity index (χ4n) is 2.28. The van der Waals surface area contributed by atoms with Crippen molar-refractivity contribution in [3.05, 3.63) is 64.7 Å². The quantitative estimate of drug-likeness (QED) is 0.845. The first-order valence-electron chi connectivity index (χ1n) is 7.48. The third-order valence-electron chi connectivity index (χ3n) is 3.51. The maximum atomic E-state index is 12.1. The van der Waals surface area contributed by atoms with Crippen LogP contribution in [-0.2, 0) is 4.79 Å². The molecule has 0 radical (unpaired) electrons. The van der Waals surface area contributed by atoms with Gasteiger partial charge in [0.15, 0.2) is 0 Å². The van der Waals surface area contributed by atoms with Crippen molar-refractivity contribution in [1.29, 1.82) is 0 Å². The number of nitrogens with one attached hydrogen (secondary N) is 2. The van der Waals surface area contributed by atoms with Gasteiger partial charge >= 0.3 is 0 Å². The molecule has 6 heteroatoms. The molecule has 0 spiro atoms. The Labute approximate surface area is 146 Å². The molecule has 0 fully saturated rings. The summed E-state index contributed by atoms with van der Waals surface area (Å²) in [6, 6.07) is 13.9. The van der Waals surface area contributed by atoms with E-state index in [1.165, 1.54) is 7.11 Å². The SMILES string of the molecule is COc1ccccc1C(=O)NCC(=O)N[C@@H](C)c1ccccc1Cl. The lowest BCUT2D eigenvalue weighted by Crippen LogP contribution is -2.38. The number of benzene rings is 2. The number of amides is 2. The van der Waals surface area contributed by atoms with E-state index in [4.69, 9.17) is 16.3 Å². The van der Waals surface area contributed by atoms with Crippen LogP contribution in [0.5, 0.6) is 5.75 Å². The van der Waals surface area contributed by atoms with E-state index in [0.717, 1.165) is 5.56 Å². The average molecular weight is 347 g/mol. The van der Waals surface area contributed by atoms with Gasteiger partial charge in [0, 0.05) is 5.02 Å². The van der Waals surface area contributed by atoms with Gasteiger partial charge in [-0.3, -0.25) is 9.59 Å². The van der Waals surface area contributed by atoms with Crippen molar-refractivity contribution in [2.75, 3.05) is 13.7 Å². The average Bonchev–Trinajstić information content (AvgIpc) is 2.59. The first kappa shape index (κ1) is 17.8. The van der Waals surface area contributed by atoms with E-state index in [2.05, 4.69) is 10.6 Å². The van der Waals surface area contributed by atoms with Gasteiger partial charge < -0.3 is 15.4 Å². The maximum absolute atomic E-state index is 12.1. The Balaban J connectivity index is 1.91. The Morgan fingerprint density at radius 2 is 1.79 bits per heavy atom. The topological polar surface area (TPSA) is 67.4 Å². The van der Waals surface area contributed by atoms with Gasteiger partial charge in [-0.25, -0.2) is 0 Å². The number of hydrogen-bond donors (Lipinski definition) is 2. The summed E-state index contributed by atoms with van der Waals surface area (Å²) in [5.74, 6) is -0.210. The minimum absolute atomic E-state index is 0.133. The lowest BCUT2D eigenvalue weighted by atomic mass is 10.1. The molecule has 0 aliphatic carbocycles. The van der Waals surface area contributed by atoms with Crippen LogP contribution in [0, 0.1) is 0 Å². The molecule has 2 aromatic rings. The highest BCUT2D eigenvalue weighted by molar-refractivity contribution is 6.31. The summed E-state index contributed by atoms with van der Waals surface area (Å²) in [6.07, 6.45) is 0. The van der Waals surface area contributed by atoms with E-state index >= 15 is 0 Å². The zero-order valence-corrected chi connectivity index (χ0v) is 14.3. The van der Waals surface area contributed by atoms with Gasteiger partial charge in [-0.1, -0.05) is 41.9 Å². The van der Waals surface area contributed by atoms with Crippen LogP contribution < -0.4 is 15.4 Å². The molecule has 0 aromatic heterocycles. The van der Waals surface area contributed by atoms with Crippen molar-refractivity contribution in [2.24, 2.45) is 0 Å². The predicted molar refractivity (Wildman–Crippen MR) is 93.3 cm³/mol. The molecule has 1 atom stereocenters. The summed E-state index contributed by atoms with van der Waals surface area (Å²) in [6.45, 7) is 1.70. The zero-order valence-electron chi connectivity index (χ0n) is 13.5. The van der Waals surface area contributed by atoms with Gasteiger partial charge in [-0.05, 0) is 30.7 Å². The molecule has 2 aromatic carbocycles. The number of ether oxygens (including phenoxy) is 1. The number of hydrogen-bond acceptors (Lipinski definition) is 3. The van der Waals surface area contributed by atoms with Crippen molar-refractivity contribution < 1.29 is 14.3 Å². The fraction of sp³-hybridized carbons (Fsp3) is 0.222. The highest BCUT2D eigenvalue weighted by Gasteiger charge is 2.15. The number of carbonyl (C=O) groups excluding carboxylic acids is 2. The van der Waals surface area contributed by atoms with Gasteiger partial charge in [0.05, 0.1) is 25.3 Å². The smallest absolute Gasteiger partial charge is 0.255 e. The number of para-hydroxylation sites is 1. The lowest BCUT2D eigenvalue weighted by molar-refractivity contribution is -0.120. The molecular weight excluding hydrogens is 328 g/mol. The second-order valence-electron chi connectivity index (χ2n) is 5.19. The van der Waals surface area contributed by atoms with Crippen LogP contribution in [0.4, 0.5) is 0 Å². The third-order valence-corrected chi connectivity index (χ3v) is 3.85. The summed E-state index contributed by atoms with van der Waals surface area (Å²) in [5, 5.41) is 5.97. The van der Waals surface area contributed by atoms with Gasteiger partial charge in [0.25, 0.3) is 5.91 Å². The third kappa shape index (κ3) is 4.49. The van der Waals surface area contributed by atoms with E-state index in [-0.39, 0.29) is 24.4 Å². The summed E-state index contributed by atoms with van der Waals surface area (Å²) in [7, 11) is 1.49. The molecular formula is C18H19ClN2O3. The first-order chi connectivity index (χ1) is 11.5. The van der Waals surface area contributed by atoms with Crippen LogP contribution in [0.3, 0.4) is 0 Å². The molecule has 24 heavy (non-hydrogen) atoms. The molecule has 0 unspecified atom stereocenters. The molecule has 126 valence electrons. The van der Waals surface area contributed by atoms with Crippen molar-refractivity contribution in [1.82, 2.24) is 10.6 Å². The molecule has 5 nitrogen and oxygen atoms in total. The summed E-state index contributed by atoms with van der Waals surface area (Å²) in [5.41, 5.74) is 1.20. The predicted octanol–water partition coefficient (Wildman–Crippen LogP) is 2.96. The Bertz CT molecular complexity index is 734. The van der Waals surface area contributed by atoms with Crippen LogP contribution in [0.15, 0.2) is 48.5 Å². The van der Waals surface area contributed by atoms with Crippen LogP contribution in [0.25, 0.3) is 0 Å². The summed E-state index contributed by atoms with van der Waals surface area (Å²) < 4.78 is 5.13. The van der Waals surface area contributed by atoms with E-state index < -0.39 is 0 Å². The molecule has 0 aliphatic heterocycles. The van der Waals surface area contributed by atoms with Crippen molar-refractivity contribution >= 4 is 23.4 Å². The molecule has 0 bridgehead atoms. The number of methoxy groups -OCH3 is 1. The number of carbonyl (C=O) groups is 2. The van der Waals surface area contributed by atoms with Gasteiger partial charge in [-0.2, -0.15) is 0 Å². The second kappa shape index (κ2) is 8.36. The fourth-order valence-corrected chi connectivity index (χ4v) is 2.58. The van der Waals surface area contributed by atoms with Crippen LogP contribution in [0.1, 0.15) is 28.9 Å². The lowest BCUT2D eigenvalue weighted by Gasteiger charge is -2.16. The Kier molecular flexibility index (Phi) is 6.21. The Morgan fingerprint density at radius 1 is 1.12 bits per heavy atom. The first-order valence-corrected chi connectivity index (χ1v) is 7.85. The summed E-state index contributed by atoms with van der Waals surface area (Å²) in [4.78, 5) is 24.2. The van der Waals surface area contributed by atoms with Crippen LogP contribution >= 0.6 is 11.6 Å². The van der Waals surface area contributed by atoms with E-state index in [1.807, 2.05) is 25.1 Å². The van der Waals surface area contributed by atoms with Crippen LogP contribution in [-0.4, -0.2) is 25.5 Å². The standard InChI is InChI=1S/C18H19ClN2O3/c1-12(13-7-3-5-9-15(13)19)21-17(22)11-20-18(23)14-8-4-6-10-16(14)24-2/h3-10,12H,11H2,1-2H3,(H,20,23)(H,21,22)/t12-/m0/s1. The second-order valence-corrected chi connectivity index (χ2v) is 5.60. The maximum Gasteiger partial charge on any atom is 0.255 e.